The molecular formula is C13H9BrClN3. The van der Waals surface area contributed by atoms with Crippen molar-refractivity contribution in [2.45, 2.75) is 6.92 Å². The Bertz CT molecular complexity index is 635. The number of aromatic nitrogens is 1. The van der Waals surface area contributed by atoms with Crippen molar-refractivity contribution in [3.05, 3.63) is 51.1 Å². The van der Waals surface area contributed by atoms with Crippen LogP contribution in [0.1, 0.15) is 11.1 Å². The molecule has 0 atom stereocenters. The number of halogens is 2. The van der Waals surface area contributed by atoms with Gasteiger partial charge in [-0.3, -0.25) is 0 Å². The van der Waals surface area contributed by atoms with Gasteiger partial charge in [0.2, 0.25) is 0 Å². The van der Waals surface area contributed by atoms with Crippen molar-refractivity contribution in [3.8, 4) is 6.07 Å². The predicted molar refractivity (Wildman–Crippen MR) is 76.1 cm³/mol. The Morgan fingerprint density at radius 3 is 2.83 bits per heavy atom. The monoisotopic (exact) mass is 321 g/mol. The number of hydrogen-bond acceptors (Lipinski definition) is 3. The number of pyridine rings is 1. The van der Waals surface area contributed by atoms with E-state index in [-0.39, 0.29) is 0 Å². The fraction of sp³-hybridized carbons (Fsp3) is 0.0769. The van der Waals surface area contributed by atoms with Gasteiger partial charge in [-0.1, -0.05) is 11.6 Å². The number of benzene rings is 1. The van der Waals surface area contributed by atoms with Crippen LogP contribution >= 0.6 is 27.5 Å². The lowest BCUT2D eigenvalue weighted by Gasteiger charge is -2.09. The Morgan fingerprint density at radius 2 is 2.17 bits per heavy atom. The fourth-order valence-electron chi connectivity index (χ4n) is 1.47. The molecule has 0 saturated heterocycles. The third-order valence-electron chi connectivity index (χ3n) is 2.33. The Kier molecular flexibility index (Phi) is 3.85. The van der Waals surface area contributed by atoms with Crippen molar-refractivity contribution in [2.24, 2.45) is 0 Å². The molecule has 0 aliphatic heterocycles. The summed E-state index contributed by atoms with van der Waals surface area (Å²) in [6, 6.07) is 9.12. The van der Waals surface area contributed by atoms with E-state index in [9.17, 15) is 0 Å². The summed E-state index contributed by atoms with van der Waals surface area (Å²) < 4.78 is 0.839. The fourth-order valence-corrected chi connectivity index (χ4v) is 2.21. The molecule has 1 aromatic heterocycles. The highest BCUT2D eigenvalue weighted by atomic mass is 79.9. The van der Waals surface area contributed by atoms with Gasteiger partial charge in [-0.05, 0) is 52.7 Å². The molecule has 1 N–H and O–H groups in total. The predicted octanol–water partition coefficient (Wildman–Crippen LogP) is 4.42. The highest BCUT2D eigenvalue weighted by Gasteiger charge is 2.07. The van der Waals surface area contributed by atoms with Crippen LogP contribution < -0.4 is 5.32 Å². The number of aryl methyl sites for hydroxylation is 1. The van der Waals surface area contributed by atoms with Crippen molar-refractivity contribution in [1.82, 2.24) is 4.98 Å². The normalized spacial score (nSPS) is 9.89. The van der Waals surface area contributed by atoms with Crippen LogP contribution in [0.25, 0.3) is 0 Å². The smallest absolute Gasteiger partial charge is 0.144 e. The van der Waals surface area contributed by atoms with Crippen molar-refractivity contribution in [2.75, 3.05) is 5.32 Å². The van der Waals surface area contributed by atoms with Gasteiger partial charge in [0.05, 0.1) is 15.7 Å². The molecule has 0 aliphatic carbocycles. The lowest BCUT2D eigenvalue weighted by Crippen LogP contribution is -1.97. The molecule has 0 unspecified atom stereocenters. The first-order valence-corrected chi connectivity index (χ1v) is 6.36. The summed E-state index contributed by atoms with van der Waals surface area (Å²) >= 11 is 9.35. The van der Waals surface area contributed by atoms with Crippen molar-refractivity contribution < 1.29 is 0 Å². The van der Waals surface area contributed by atoms with Gasteiger partial charge in [0, 0.05) is 11.2 Å². The number of rotatable bonds is 2. The maximum absolute atomic E-state index is 9.04. The van der Waals surface area contributed by atoms with Gasteiger partial charge in [-0.25, -0.2) is 4.98 Å². The van der Waals surface area contributed by atoms with Crippen LogP contribution in [0, 0.1) is 18.3 Å². The summed E-state index contributed by atoms with van der Waals surface area (Å²) in [5.41, 5.74) is 2.22. The molecule has 0 aliphatic rings. The van der Waals surface area contributed by atoms with Gasteiger partial charge in [-0.15, -0.1) is 0 Å². The quantitative estimate of drug-likeness (QED) is 0.890. The van der Waals surface area contributed by atoms with E-state index in [2.05, 4.69) is 32.3 Å². The zero-order valence-electron chi connectivity index (χ0n) is 9.54. The van der Waals surface area contributed by atoms with E-state index in [0.717, 1.165) is 10.0 Å². The standard InChI is InChI=1S/C13H9BrClN3/c1-8-4-11(14)13(17-7-8)18-12-5-10(15)3-2-9(12)6-16/h2-5,7H,1H3,(H,17,18). The van der Waals surface area contributed by atoms with Crippen molar-refractivity contribution in [3.63, 3.8) is 0 Å². The van der Waals surface area contributed by atoms with Gasteiger partial charge >= 0.3 is 0 Å². The topological polar surface area (TPSA) is 48.7 Å². The second kappa shape index (κ2) is 5.38. The first-order valence-electron chi connectivity index (χ1n) is 5.19. The summed E-state index contributed by atoms with van der Waals surface area (Å²) in [5.74, 6) is 0.652. The number of hydrogen-bond donors (Lipinski definition) is 1. The largest absolute Gasteiger partial charge is 0.338 e. The minimum absolute atomic E-state index is 0.522. The van der Waals surface area contributed by atoms with Gasteiger partial charge < -0.3 is 5.32 Å². The Hall–Kier alpha value is -1.57. The van der Waals surface area contributed by atoms with Crippen LogP contribution in [-0.2, 0) is 0 Å². The molecule has 2 rings (SSSR count). The van der Waals surface area contributed by atoms with Crippen molar-refractivity contribution in [1.29, 1.82) is 5.26 Å². The van der Waals surface area contributed by atoms with Crippen molar-refractivity contribution >= 4 is 39.0 Å². The summed E-state index contributed by atoms with van der Waals surface area (Å²) in [4.78, 5) is 4.27. The van der Waals surface area contributed by atoms with E-state index >= 15 is 0 Å². The van der Waals surface area contributed by atoms with Gasteiger partial charge in [0.15, 0.2) is 0 Å². The molecule has 2 aromatic rings. The van der Waals surface area contributed by atoms with E-state index in [1.807, 2.05) is 13.0 Å². The first-order chi connectivity index (χ1) is 8.60. The summed E-state index contributed by atoms with van der Waals surface area (Å²) in [7, 11) is 0. The maximum atomic E-state index is 9.04. The average molecular weight is 323 g/mol. The zero-order chi connectivity index (χ0) is 13.1. The van der Waals surface area contributed by atoms with Gasteiger partial charge in [0.1, 0.15) is 11.9 Å². The molecule has 0 fully saturated rings. The van der Waals surface area contributed by atoms with Gasteiger partial charge in [0.25, 0.3) is 0 Å². The molecule has 18 heavy (non-hydrogen) atoms. The van der Waals surface area contributed by atoms with Crippen LogP contribution in [-0.4, -0.2) is 4.98 Å². The van der Waals surface area contributed by atoms with Gasteiger partial charge in [-0.2, -0.15) is 5.26 Å². The molecule has 5 heteroatoms. The molecule has 90 valence electrons. The average Bonchev–Trinajstić information content (AvgIpc) is 2.33. The first kappa shape index (κ1) is 12.9. The number of nitriles is 1. The van der Waals surface area contributed by atoms with Crippen LogP contribution in [0.2, 0.25) is 5.02 Å². The lowest BCUT2D eigenvalue weighted by molar-refractivity contribution is 1.24. The van der Waals surface area contributed by atoms with E-state index in [4.69, 9.17) is 16.9 Å². The Labute approximate surface area is 119 Å². The van der Waals surface area contributed by atoms with Crippen LogP contribution in [0.5, 0.6) is 0 Å². The number of anilines is 2. The zero-order valence-corrected chi connectivity index (χ0v) is 11.9. The highest BCUT2D eigenvalue weighted by molar-refractivity contribution is 9.10. The SMILES string of the molecule is Cc1cnc(Nc2cc(Cl)ccc2C#N)c(Br)c1. The third-order valence-corrected chi connectivity index (χ3v) is 3.17. The molecule has 0 saturated carbocycles. The molecular weight excluding hydrogens is 314 g/mol. The molecule has 0 amide bonds. The molecule has 1 aromatic carbocycles. The molecule has 0 bridgehead atoms. The Balaban J connectivity index is 2.40. The van der Waals surface area contributed by atoms with Crippen LogP contribution in [0.3, 0.4) is 0 Å². The molecule has 0 radical (unpaired) electrons. The second-order valence-electron chi connectivity index (χ2n) is 3.77. The summed E-state index contributed by atoms with van der Waals surface area (Å²) in [5, 5.41) is 12.7. The van der Waals surface area contributed by atoms with Crippen LogP contribution in [0.4, 0.5) is 11.5 Å². The van der Waals surface area contributed by atoms with E-state index in [1.54, 1.807) is 24.4 Å². The highest BCUT2D eigenvalue weighted by Crippen LogP contribution is 2.27. The minimum atomic E-state index is 0.522. The maximum Gasteiger partial charge on any atom is 0.144 e. The molecule has 3 nitrogen and oxygen atoms in total. The van der Waals surface area contributed by atoms with E-state index < -0.39 is 0 Å². The lowest BCUT2D eigenvalue weighted by atomic mass is 10.2. The second-order valence-corrected chi connectivity index (χ2v) is 5.06. The minimum Gasteiger partial charge on any atom is -0.338 e. The van der Waals surface area contributed by atoms with E-state index in [0.29, 0.717) is 22.1 Å². The van der Waals surface area contributed by atoms with Crippen LogP contribution in [0.15, 0.2) is 34.9 Å². The summed E-state index contributed by atoms with van der Waals surface area (Å²) in [6.07, 6.45) is 1.75. The number of nitrogens with zero attached hydrogens (tertiary/aromatic N) is 2. The Morgan fingerprint density at radius 1 is 1.39 bits per heavy atom. The number of nitrogens with one attached hydrogen (secondary N) is 1. The van der Waals surface area contributed by atoms with E-state index in [1.165, 1.54) is 0 Å². The summed E-state index contributed by atoms with van der Waals surface area (Å²) in [6.45, 7) is 1.96. The molecule has 1 heterocycles. The molecule has 0 spiro atoms. The third kappa shape index (κ3) is 2.81.